The van der Waals surface area contributed by atoms with Crippen molar-refractivity contribution in [2.24, 2.45) is 0 Å². The maximum Gasteiger partial charge on any atom is 0.305 e. The van der Waals surface area contributed by atoms with Gasteiger partial charge in [-0.05, 0) is 46.2 Å². The first-order chi connectivity index (χ1) is 9.04. The zero-order valence-corrected chi connectivity index (χ0v) is 12.6. The number of carbonyl (C=O) groups is 2. The maximum absolute atomic E-state index is 11.9. The van der Waals surface area contributed by atoms with Crippen molar-refractivity contribution < 1.29 is 20.4 Å². The van der Waals surface area contributed by atoms with Crippen molar-refractivity contribution in [2.45, 2.75) is 18.9 Å². The first-order valence-corrected chi connectivity index (χ1v) is 7.20. The number of hydrogen-bond donors (Lipinski definition) is 2. The number of carbonyl (C=O) groups excluding carboxylic acids is 1. The molecule has 0 radical (unpaired) electrons. The molecule has 2 rings (SSSR count). The van der Waals surface area contributed by atoms with E-state index in [-0.39, 0.29) is 24.9 Å². The summed E-state index contributed by atoms with van der Waals surface area (Å²) in [5.41, 5.74) is 5.74. The van der Waals surface area contributed by atoms with Crippen LogP contribution < -0.4 is 5.73 Å². The van der Waals surface area contributed by atoms with Crippen molar-refractivity contribution in [2.75, 3.05) is 13.1 Å². The molecule has 0 aliphatic carbocycles. The first-order valence-electron chi connectivity index (χ1n) is 6.12. The number of amides is 1. The average molecular weight is 375 g/mol. The standard InChI is InChI=1S/C13H15IN2O3/c14-10-3-1-2-9-8(10)4-5-16(12(17)7-15)11(9)6-13(18)19/h1-3,11H,4-7,15H2,(H,18,19)/p+1. The zero-order valence-electron chi connectivity index (χ0n) is 10.4. The van der Waals surface area contributed by atoms with Gasteiger partial charge >= 0.3 is 5.97 Å². The second-order valence-corrected chi connectivity index (χ2v) is 5.67. The zero-order chi connectivity index (χ0) is 14.0. The van der Waals surface area contributed by atoms with Crippen LogP contribution in [0.3, 0.4) is 0 Å². The number of fused-ring (bicyclic) bond motifs is 1. The van der Waals surface area contributed by atoms with Gasteiger partial charge in [0.05, 0.1) is 12.5 Å². The van der Waals surface area contributed by atoms with Crippen molar-refractivity contribution in [3.8, 4) is 0 Å². The van der Waals surface area contributed by atoms with Crippen LogP contribution >= 0.6 is 22.6 Å². The molecule has 0 spiro atoms. The number of nitrogens with zero attached hydrogens (tertiary/aromatic N) is 1. The molecule has 0 saturated heterocycles. The summed E-state index contributed by atoms with van der Waals surface area (Å²) in [6, 6.07) is 5.47. The van der Waals surface area contributed by atoms with Crippen molar-refractivity contribution in [1.29, 1.82) is 0 Å². The molecule has 1 heterocycles. The fourth-order valence-corrected chi connectivity index (χ4v) is 3.32. The van der Waals surface area contributed by atoms with Gasteiger partial charge in [-0.15, -0.1) is 0 Å². The lowest BCUT2D eigenvalue weighted by atomic mass is 9.90. The Morgan fingerprint density at radius 3 is 2.84 bits per heavy atom. The van der Waals surface area contributed by atoms with Crippen LogP contribution in [0.2, 0.25) is 0 Å². The molecule has 0 fully saturated rings. The van der Waals surface area contributed by atoms with Crippen LogP contribution in [0, 0.1) is 3.57 Å². The summed E-state index contributed by atoms with van der Waals surface area (Å²) in [7, 11) is 0. The predicted molar refractivity (Wildman–Crippen MR) is 77.3 cm³/mol. The summed E-state index contributed by atoms with van der Waals surface area (Å²) in [6.45, 7) is 0.731. The molecule has 0 bridgehead atoms. The van der Waals surface area contributed by atoms with E-state index in [4.69, 9.17) is 5.11 Å². The highest BCUT2D eigenvalue weighted by Gasteiger charge is 2.33. The second kappa shape index (κ2) is 5.87. The van der Waals surface area contributed by atoms with Gasteiger partial charge in [-0.3, -0.25) is 9.59 Å². The normalized spacial score (nSPS) is 18.0. The van der Waals surface area contributed by atoms with E-state index in [1.54, 1.807) is 4.90 Å². The lowest BCUT2D eigenvalue weighted by Crippen LogP contribution is -2.59. The fraction of sp³-hybridized carbons (Fsp3) is 0.385. The number of carboxylic acid groups (broad SMARTS) is 1. The Balaban J connectivity index is 2.42. The molecule has 1 aromatic rings. The van der Waals surface area contributed by atoms with Gasteiger partial charge in [0.15, 0.2) is 6.54 Å². The van der Waals surface area contributed by atoms with E-state index in [9.17, 15) is 9.59 Å². The number of quaternary nitrogens is 1. The number of hydrogen-bond acceptors (Lipinski definition) is 2. The topological polar surface area (TPSA) is 85.3 Å². The molecule has 1 atom stereocenters. The molecule has 1 unspecified atom stereocenters. The van der Waals surface area contributed by atoms with E-state index >= 15 is 0 Å². The fourth-order valence-electron chi connectivity index (χ4n) is 2.53. The molecule has 0 aromatic heterocycles. The van der Waals surface area contributed by atoms with Crippen molar-refractivity contribution in [3.05, 3.63) is 32.9 Å². The molecular weight excluding hydrogens is 359 g/mol. The Morgan fingerprint density at radius 2 is 2.21 bits per heavy atom. The van der Waals surface area contributed by atoms with Crippen LogP contribution in [-0.4, -0.2) is 35.0 Å². The van der Waals surface area contributed by atoms with Gasteiger partial charge in [-0.2, -0.15) is 0 Å². The summed E-state index contributed by atoms with van der Waals surface area (Å²) in [4.78, 5) is 24.6. The predicted octanol–water partition coefficient (Wildman–Crippen LogP) is 0.434. The van der Waals surface area contributed by atoms with Crippen LogP contribution in [0.15, 0.2) is 18.2 Å². The Bertz CT molecular complexity index is 519. The smallest absolute Gasteiger partial charge is 0.305 e. The minimum absolute atomic E-state index is 0.0567. The molecule has 4 N–H and O–H groups in total. The largest absolute Gasteiger partial charge is 0.481 e. The van der Waals surface area contributed by atoms with E-state index in [0.29, 0.717) is 6.54 Å². The Kier molecular flexibility index (Phi) is 4.41. The summed E-state index contributed by atoms with van der Waals surface area (Å²) in [6.07, 6.45) is 0.717. The van der Waals surface area contributed by atoms with Crippen molar-refractivity contribution in [3.63, 3.8) is 0 Å². The average Bonchev–Trinajstić information content (AvgIpc) is 2.38. The number of halogens is 1. The van der Waals surface area contributed by atoms with E-state index in [1.807, 2.05) is 18.2 Å². The Hall–Kier alpha value is -1.15. The van der Waals surface area contributed by atoms with E-state index in [0.717, 1.165) is 15.6 Å². The summed E-state index contributed by atoms with van der Waals surface area (Å²) >= 11 is 2.26. The molecule has 102 valence electrons. The highest BCUT2D eigenvalue weighted by Crippen LogP contribution is 2.34. The molecule has 1 aromatic carbocycles. The third kappa shape index (κ3) is 2.89. The minimum Gasteiger partial charge on any atom is -0.481 e. The van der Waals surface area contributed by atoms with Gasteiger partial charge in [0.2, 0.25) is 0 Å². The highest BCUT2D eigenvalue weighted by atomic mass is 127. The number of rotatable bonds is 3. The van der Waals surface area contributed by atoms with Gasteiger partial charge in [-0.25, -0.2) is 0 Å². The van der Waals surface area contributed by atoms with Crippen molar-refractivity contribution in [1.82, 2.24) is 4.90 Å². The number of aliphatic carboxylic acids is 1. The van der Waals surface area contributed by atoms with Crippen LogP contribution in [0.5, 0.6) is 0 Å². The summed E-state index contributed by atoms with van der Waals surface area (Å²) in [5.74, 6) is -0.977. The highest BCUT2D eigenvalue weighted by molar-refractivity contribution is 14.1. The lowest BCUT2D eigenvalue weighted by molar-refractivity contribution is -0.357. The van der Waals surface area contributed by atoms with Crippen LogP contribution in [0.25, 0.3) is 0 Å². The van der Waals surface area contributed by atoms with Crippen molar-refractivity contribution >= 4 is 34.5 Å². The van der Waals surface area contributed by atoms with E-state index in [2.05, 4.69) is 28.3 Å². The summed E-state index contributed by atoms with van der Waals surface area (Å²) < 4.78 is 1.13. The molecule has 6 heteroatoms. The SMILES string of the molecule is [NH3+]CC(=O)N1CCc2c(I)cccc2C1CC(=O)O. The Labute approximate surface area is 124 Å². The van der Waals surface area contributed by atoms with Crippen LogP contribution in [0.4, 0.5) is 0 Å². The monoisotopic (exact) mass is 375 g/mol. The summed E-state index contributed by atoms with van der Waals surface area (Å²) in [5, 5.41) is 9.08. The molecular formula is C13H16IN2O3+. The molecule has 0 saturated carbocycles. The number of carboxylic acids is 1. The maximum atomic E-state index is 11.9. The van der Waals surface area contributed by atoms with Gasteiger partial charge < -0.3 is 15.7 Å². The number of benzene rings is 1. The van der Waals surface area contributed by atoms with Crippen LogP contribution in [-0.2, 0) is 16.0 Å². The van der Waals surface area contributed by atoms with E-state index in [1.165, 1.54) is 5.56 Å². The molecule has 1 amide bonds. The third-order valence-corrected chi connectivity index (χ3v) is 4.41. The Morgan fingerprint density at radius 1 is 1.47 bits per heavy atom. The lowest BCUT2D eigenvalue weighted by Gasteiger charge is -2.36. The molecule has 19 heavy (non-hydrogen) atoms. The molecule has 1 aliphatic rings. The van der Waals surface area contributed by atoms with Gasteiger partial charge in [0.1, 0.15) is 0 Å². The third-order valence-electron chi connectivity index (χ3n) is 3.40. The van der Waals surface area contributed by atoms with Gasteiger partial charge in [-0.1, -0.05) is 12.1 Å². The minimum atomic E-state index is -0.890. The van der Waals surface area contributed by atoms with Gasteiger partial charge in [0.25, 0.3) is 5.91 Å². The molecule has 1 aliphatic heterocycles. The van der Waals surface area contributed by atoms with E-state index < -0.39 is 5.97 Å². The first kappa shape index (κ1) is 14.3. The van der Waals surface area contributed by atoms with Crippen LogP contribution in [0.1, 0.15) is 23.6 Å². The second-order valence-electron chi connectivity index (χ2n) is 4.51. The molecule has 5 nitrogen and oxygen atoms in total. The quantitative estimate of drug-likeness (QED) is 0.752. The van der Waals surface area contributed by atoms with Gasteiger partial charge in [0, 0.05) is 10.1 Å².